The van der Waals surface area contributed by atoms with Gasteiger partial charge in [-0.05, 0) is 30.7 Å². The Bertz CT molecular complexity index is 1170. The smallest absolute Gasteiger partial charge is 0.289 e. The number of morpholine rings is 1. The maximum absolute atomic E-state index is 13.0. The quantitative estimate of drug-likeness (QED) is 0.479. The molecule has 10 nitrogen and oxygen atoms in total. The molecule has 11 heteroatoms. The second-order valence-electron chi connectivity index (χ2n) is 8.44. The number of aromatic nitrogens is 3. The molecule has 2 aliphatic heterocycles. The van der Waals surface area contributed by atoms with E-state index in [2.05, 4.69) is 28.1 Å². The lowest BCUT2D eigenvalue weighted by Crippen LogP contribution is -2.51. The molecule has 184 valence electrons. The summed E-state index contributed by atoms with van der Waals surface area (Å²) in [6.07, 6.45) is 1.49. The van der Waals surface area contributed by atoms with Crippen LogP contribution in [0.2, 0.25) is 0 Å². The van der Waals surface area contributed by atoms with Crippen molar-refractivity contribution < 1.29 is 18.7 Å². The lowest BCUT2D eigenvalue weighted by Gasteiger charge is -2.34. The first kappa shape index (κ1) is 23.4. The van der Waals surface area contributed by atoms with Crippen molar-refractivity contribution in [1.82, 2.24) is 24.6 Å². The van der Waals surface area contributed by atoms with E-state index in [1.807, 2.05) is 22.8 Å². The molecule has 2 amide bonds. The lowest BCUT2D eigenvalue weighted by atomic mass is 10.2. The molecule has 1 aromatic carbocycles. The van der Waals surface area contributed by atoms with Crippen LogP contribution in [-0.2, 0) is 9.53 Å². The van der Waals surface area contributed by atoms with Crippen LogP contribution in [-0.4, -0.2) is 94.6 Å². The first-order chi connectivity index (χ1) is 17.1. The molecule has 2 saturated heterocycles. The van der Waals surface area contributed by atoms with Gasteiger partial charge in [0.25, 0.3) is 5.91 Å². The highest BCUT2D eigenvalue weighted by molar-refractivity contribution is 7.99. The maximum atomic E-state index is 13.0. The average molecular weight is 497 g/mol. The number of amides is 2. The van der Waals surface area contributed by atoms with Crippen molar-refractivity contribution in [3.05, 3.63) is 54.0 Å². The Hall–Kier alpha value is -3.31. The molecule has 0 atom stereocenters. The highest BCUT2D eigenvalue weighted by Crippen LogP contribution is 2.29. The van der Waals surface area contributed by atoms with Crippen LogP contribution in [0.1, 0.15) is 16.1 Å². The molecule has 0 spiro atoms. The summed E-state index contributed by atoms with van der Waals surface area (Å²) in [6.45, 7) is 6.80. The predicted octanol–water partition coefficient (Wildman–Crippen LogP) is 2.08. The number of nitrogens with zero attached hydrogens (tertiary/aromatic N) is 6. The van der Waals surface area contributed by atoms with Crippen molar-refractivity contribution in [1.29, 1.82) is 0 Å². The van der Waals surface area contributed by atoms with Gasteiger partial charge in [-0.25, -0.2) is 0 Å². The molecule has 0 saturated carbocycles. The second-order valence-corrected chi connectivity index (χ2v) is 9.39. The topological polar surface area (TPSA) is 96.9 Å². The summed E-state index contributed by atoms with van der Waals surface area (Å²) in [7, 11) is 0. The van der Waals surface area contributed by atoms with E-state index in [1.54, 1.807) is 21.9 Å². The number of piperazine rings is 1. The van der Waals surface area contributed by atoms with Gasteiger partial charge in [-0.2, -0.15) is 0 Å². The van der Waals surface area contributed by atoms with Crippen molar-refractivity contribution >= 4 is 29.5 Å². The summed E-state index contributed by atoms with van der Waals surface area (Å²) in [5.41, 5.74) is 2.10. The molecule has 35 heavy (non-hydrogen) atoms. The first-order valence-electron chi connectivity index (χ1n) is 11.7. The third-order valence-corrected chi connectivity index (χ3v) is 7.16. The van der Waals surface area contributed by atoms with E-state index in [1.165, 1.54) is 18.0 Å². The third kappa shape index (κ3) is 5.06. The molecular formula is C24H28N6O4S. The van der Waals surface area contributed by atoms with Gasteiger partial charge < -0.3 is 23.9 Å². The van der Waals surface area contributed by atoms with Gasteiger partial charge in [0.05, 0.1) is 30.9 Å². The Kier molecular flexibility index (Phi) is 7.05. The van der Waals surface area contributed by atoms with Crippen LogP contribution >= 0.6 is 11.8 Å². The Morgan fingerprint density at radius 3 is 2.40 bits per heavy atom. The zero-order chi connectivity index (χ0) is 24.2. The number of carbonyl (C=O) groups excluding carboxylic acids is 2. The number of ether oxygens (including phenoxy) is 1. The Balaban J connectivity index is 1.26. The minimum absolute atomic E-state index is 0.0207. The molecule has 0 aliphatic carbocycles. The van der Waals surface area contributed by atoms with Crippen molar-refractivity contribution in [2.24, 2.45) is 0 Å². The number of aryl methyl sites for hydroxylation is 1. The van der Waals surface area contributed by atoms with Gasteiger partial charge in [-0.3, -0.25) is 14.2 Å². The van der Waals surface area contributed by atoms with Gasteiger partial charge in [0.1, 0.15) is 0 Å². The van der Waals surface area contributed by atoms with Gasteiger partial charge in [0, 0.05) is 39.3 Å². The van der Waals surface area contributed by atoms with Crippen LogP contribution in [0.5, 0.6) is 0 Å². The van der Waals surface area contributed by atoms with Crippen molar-refractivity contribution in [2.45, 2.75) is 12.1 Å². The molecule has 4 heterocycles. The van der Waals surface area contributed by atoms with E-state index in [0.29, 0.717) is 50.3 Å². The molecular weight excluding hydrogens is 468 g/mol. The van der Waals surface area contributed by atoms with E-state index in [-0.39, 0.29) is 17.6 Å². The van der Waals surface area contributed by atoms with Gasteiger partial charge in [-0.1, -0.05) is 30.0 Å². The monoisotopic (exact) mass is 496 g/mol. The van der Waals surface area contributed by atoms with Crippen LogP contribution in [0, 0.1) is 6.92 Å². The number of carbonyl (C=O) groups is 2. The number of benzene rings is 1. The van der Waals surface area contributed by atoms with E-state index < -0.39 is 0 Å². The van der Waals surface area contributed by atoms with Crippen LogP contribution in [0.3, 0.4) is 0 Å². The van der Waals surface area contributed by atoms with Crippen LogP contribution in [0.15, 0.2) is 52.2 Å². The molecule has 0 radical (unpaired) electrons. The Morgan fingerprint density at radius 1 is 0.943 bits per heavy atom. The number of rotatable bonds is 6. The van der Waals surface area contributed by atoms with Crippen LogP contribution < -0.4 is 4.90 Å². The largest absolute Gasteiger partial charge is 0.459 e. The summed E-state index contributed by atoms with van der Waals surface area (Å²) in [6, 6.07) is 11.5. The summed E-state index contributed by atoms with van der Waals surface area (Å²) < 4.78 is 12.8. The molecule has 2 aliphatic rings. The minimum Gasteiger partial charge on any atom is -0.459 e. The fraction of sp³-hybridized carbons (Fsp3) is 0.417. The summed E-state index contributed by atoms with van der Waals surface area (Å²) in [5.74, 6) is 1.22. The number of thioether (sulfide) groups is 1. The maximum Gasteiger partial charge on any atom is 0.289 e. The fourth-order valence-electron chi connectivity index (χ4n) is 4.28. The SMILES string of the molecule is Cc1ccccc1-n1c(SCC(=O)N2CCN(C(=O)c3ccco3)CC2)nnc1N1CCOCC1. The molecule has 0 unspecified atom stereocenters. The number of para-hydroxylation sites is 1. The highest BCUT2D eigenvalue weighted by Gasteiger charge is 2.27. The van der Waals surface area contributed by atoms with Gasteiger partial charge in [0.2, 0.25) is 11.9 Å². The number of hydrogen-bond acceptors (Lipinski definition) is 8. The summed E-state index contributed by atoms with van der Waals surface area (Å²) in [5, 5.41) is 9.62. The molecule has 3 aromatic rings. The van der Waals surface area contributed by atoms with E-state index in [4.69, 9.17) is 9.15 Å². The van der Waals surface area contributed by atoms with Gasteiger partial charge in [-0.15, -0.1) is 10.2 Å². The molecule has 0 N–H and O–H groups in total. The second kappa shape index (κ2) is 10.5. The van der Waals surface area contributed by atoms with E-state index in [9.17, 15) is 9.59 Å². The van der Waals surface area contributed by atoms with E-state index >= 15 is 0 Å². The summed E-state index contributed by atoms with van der Waals surface area (Å²) >= 11 is 1.39. The number of anilines is 1. The average Bonchev–Trinajstić information content (AvgIpc) is 3.58. The van der Waals surface area contributed by atoms with Crippen LogP contribution in [0.4, 0.5) is 5.95 Å². The normalized spacial score (nSPS) is 16.5. The standard InChI is InChI=1S/C24H28N6O4S/c1-18-5-2-3-6-19(18)30-23(29-12-15-33-16-13-29)25-26-24(30)35-17-21(31)27-8-10-28(11-9-27)22(32)20-7-4-14-34-20/h2-7,14H,8-13,15-17H2,1H3. The zero-order valence-corrected chi connectivity index (χ0v) is 20.4. The molecule has 0 bridgehead atoms. The zero-order valence-electron chi connectivity index (χ0n) is 19.6. The predicted molar refractivity (Wildman–Crippen MR) is 131 cm³/mol. The van der Waals surface area contributed by atoms with Crippen molar-refractivity contribution in [2.75, 3.05) is 63.1 Å². The first-order valence-corrected chi connectivity index (χ1v) is 12.7. The number of furan rings is 1. The van der Waals surface area contributed by atoms with E-state index in [0.717, 1.165) is 30.3 Å². The fourth-order valence-corrected chi connectivity index (χ4v) is 5.12. The lowest BCUT2D eigenvalue weighted by molar-refractivity contribution is -0.129. The van der Waals surface area contributed by atoms with Crippen molar-refractivity contribution in [3.8, 4) is 5.69 Å². The minimum atomic E-state index is -0.140. The number of hydrogen-bond donors (Lipinski definition) is 0. The molecule has 2 aromatic heterocycles. The van der Waals surface area contributed by atoms with Crippen molar-refractivity contribution in [3.63, 3.8) is 0 Å². The molecule has 2 fully saturated rings. The summed E-state index contributed by atoms with van der Waals surface area (Å²) in [4.78, 5) is 31.2. The van der Waals surface area contributed by atoms with Gasteiger partial charge >= 0.3 is 0 Å². The van der Waals surface area contributed by atoms with Crippen LogP contribution in [0.25, 0.3) is 5.69 Å². The Morgan fingerprint density at radius 2 is 1.69 bits per heavy atom. The van der Waals surface area contributed by atoms with Gasteiger partial charge in [0.15, 0.2) is 10.9 Å². The highest BCUT2D eigenvalue weighted by atomic mass is 32.2. The Labute approximate surface area is 207 Å². The third-order valence-electron chi connectivity index (χ3n) is 6.24. The molecule has 5 rings (SSSR count).